The van der Waals surface area contributed by atoms with E-state index in [0.717, 1.165) is 18.4 Å². The van der Waals surface area contributed by atoms with Crippen LogP contribution in [0.3, 0.4) is 0 Å². The first-order valence-corrected chi connectivity index (χ1v) is 5.61. The molecule has 1 fully saturated rings. The summed E-state index contributed by atoms with van der Waals surface area (Å²) in [6, 6.07) is 4.78. The van der Waals surface area contributed by atoms with E-state index in [2.05, 4.69) is 0 Å². The molecule has 3 heteroatoms. The summed E-state index contributed by atoms with van der Waals surface area (Å²) >= 11 is 0. The molecular formula is C13H17FO2. The lowest BCUT2D eigenvalue weighted by molar-refractivity contribution is -0.0808. The quantitative estimate of drug-likeness (QED) is 0.837. The predicted molar refractivity (Wildman–Crippen MR) is 59.7 cm³/mol. The zero-order valence-electron chi connectivity index (χ0n) is 9.66. The van der Waals surface area contributed by atoms with Gasteiger partial charge in [0.15, 0.2) is 0 Å². The molecule has 2 atom stereocenters. The Morgan fingerprint density at radius 1 is 1.50 bits per heavy atom. The van der Waals surface area contributed by atoms with Crippen molar-refractivity contribution < 1.29 is 14.2 Å². The molecule has 16 heavy (non-hydrogen) atoms. The first kappa shape index (κ1) is 11.6. The number of benzene rings is 1. The molecule has 88 valence electrons. The number of ether oxygens (including phenoxy) is 1. The lowest BCUT2D eigenvalue weighted by atomic mass is 9.89. The van der Waals surface area contributed by atoms with Gasteiger partial charge in [0, 0.05) is 12.2 Å². The Labute approximate surface area is 95.1 Å². The fraction of sp³-hybridized carbons (Fsp3) is 0.538. The monoisotopic (exact) mass is 224 g/mol. The second kappa shape index (κ2) is 4.15. The van der Waals surface area contributed by atoms with Gasteiger partial charge in [-0.2, -0.15) is 0 Å². The van der Waals surface area contributed by atoms with Crippen LogP contribution in [-0.2, 0) is 4.74 Å². The molecule has 1 aromatic carbocycles. The molecule has 1 aromatic rings. The Morgan fingerprint density at radius 3 is 2.88 bits per heavy atom. The summed E-state index contributed by atoms with van der Waals surface area (Å²) in [5.41, 5.74) is 0.635. The largest absolute Gasteiger partial charge is 0.385 e. The van der Waals surface area contributed by atoms with Crippen molar-refractivity contribution in [1.29, 1.82) is 0 Å². The molecule has 2 nitrogen and oxygen atoms in total. The Balaban J connectivity index is 2.32. The molecule has 1 heterocycles. The van der Waals surface area contributed by atoms with E-state index in [9.17, 15) is 9.50 Å². The Bertz CT molecular complexity index is 384. The maximum absolute atomic E-state index is 13.6. The minimum absolute atomic E-state index is 0.337. The van der Waals surface area contributed by atoms with Crippen LogP contribution in [0.25, 0.3) is 0 Å². The summed E-state index contributed by atoms with van der Waals surface area (Å²) in [5, 5.41) is 10.2. The number of aliphatic hydroxyl groups is 1. The highest BCUT2D eigenvalue weighted by Crippen LogP contribution is 2.38. The summed E-state index contributed by atoms with van der Waals surface area (Å²) in [6.07, 6.45) is 0.789. The number of halogens is 1. The van der Waals surface area contributed by atoms with Gasteiger partial charge in [-0.1, -0.05) is 17.7 Å². The Kier molecular flexibility index (Phi) is 3.00. The average molecular weight is 224 g/mol. The van der Waals surface area contributed by atoms with E-state index in [1.807, 2.05) is 13.8 Å². The number of hydrogen-bond donors (Lipinski definition) is 1. The molecule has 1 N–H and O–H groups in total. The van der Waals surface area contributed by atoms with Crippen LogP contribution in [0.1, 0.15) is 37.0 Å². The van der Waals surface area contributed by atoms with Crippen LogP contribution < -0.4 is 0 Å². The van der Waals surface area contributed by atoms with E-state index in [1.54, 1.807) is 12.1 Å². The van der Waals surface area contributed by atoms with E-state index in [-0.39, 0.29) is 5.82 Å². The van der Waals surface area contributed by atoms with Gasteiger partial charge in [0.2, 0.25) is 0 Å². The number of aliphatic hydroxyl groups excluding tert-OH is 1. The normalized spacial score (nSPS) is 27.0. The molecule has 0 saturated carbocycles. The van der Waals surface area contributed by atoms with Crippen molar-refractivity contribution in [3.05, 3.63) is 35.1 Å². The Hall–Kier alpha value is -0.930. The lowest BCUT2D eigenvalue weighted by Crippen LogP contribution is -2.32. The molecule has 0 spiro atoms. The van der Waals surface area contributed by atoms with E-state index in [0.29, 0.717) is 12.2 Å². The topological polar surface area (TPSA) is 29.5 Å². The van der Waals surface area contributed by atoms with Crippen LogP contribution in [0, 0.1) is 12.7 Å². The van der Waals surface area contributed by atoms with Crippen molar-refractivity contribution in [3.63, 3.8) is 0 Å². The summed E-state index contributed by atoms with van der Waals surface area (Å²) in [7, 11) is 0. The van der Waals surface area contributed by atoms with Crippen molar-refractivity contribution in [2.24, 2.45) is 0 Å². The van der Waals surface area contributed by atoms with Gasteiger partial charge in [-0.3, -0.25) is 0 Å². The molecule has 0 aliphatic carbocycles. The SMILES string of the molecule is Cc1ccc(F)c(C(O)C2(C)CCCO2)c1. The highest BCUT2D eigenvalue weighted by atomic mass is 19.1. The standard InChI is InChI=1S/C13H17FO2/c1-9-4-5-11(14)10(8-9)12(15)13(2)6-3-7-16-13/h4-5,8,12,15H,3,6-7H2,1-2H3. The summed E-state index contributed by atoms with van der Waals surface area (Å²) in [4.78, 5) is 0. The lowest BCUT2D eigenvalue weighted by Gasteiger charge is -2.29. The summed E-state index contributed by atoms with van der Waals surface area (Å²) in [5.74, 6) is -0.366. The average Bonchev–Trinajstić information content (AvgIpc) is 2.69. The van der Waals surface area contributed by atoms with E-state index < -0.39 is 11.7 Å². The van der Waals surface area contributed by atoms with E-state index >= 15 is 0 Å². The molecule has 1 aliphatic rings. The third-order valence-electron chi connectivity index (χ3n) is 3.27. The van der Waals surface area contributed by atoms with E-state index in [1.165, 1.54) is 6.07 Å². The summed E-state index contributed by atoms with van der Waals surface area (Å²) in [6.45, 7) is 4.36. The minimum atomic E-state index is -0.894. The fourth-order valence-corrected chi connectivity index (χ4v) is 2.22. The third kappa shape index (κ3) is 1.97. The first-order chi connectivity index (χ1) is 7.53. The molecule has 2 unspecified atom stereocenters. The zero-order chi connectivity index (χ0) is 11.8. The van der Waals surface area contributed by atoms with Crippen LogP contribution in [0.15, 0.2) is 18.2 Å². The van der Waals surface area contributed by atoms with Crippen LogP contribution in [0.2, 0.25) is 0 Å². The van der Waals surface area contributed by atoms with Crippen LogP contribution in [0.5, 0.6) is 0 Å². The van der Waals surface area contributed by atoms with Gasteiger partial charge in [-0.05, 0) is 32.8 Å². The van der Waals surface area contributed by atoms with Crippen molar-refractivity contribution in [1.82, 2.24) is 0 Å². The molecular weight excluding hydrogens is 207 g/mol. The molecule has 1 saturated heterocycles. The maximum atomic E-state index is 13.6. The number of aryl methyl sites for hydroxylation is 1. The zero-order valence-corrected chi connectivity index (χ0v) is 9.66. The van der Waals surface area contributed by atoms with Gasteiger partial charge >= 0.3 is 0 Å². The molecule has 1 aliphatic heterocycles. The van der Waals surface area contributed by atoms with Crippen molar-refractivity contribution in [2.75, 3.05) is 6.61 Å². The second-order valence-electron chi connectivity index (χ2n) is 4.69. The van der Waals surface area contributed by atoms with Gasteiger partial charge in [-0.15, -0.1) is 0 Å². The Morgan fingerprint density at radius 2 is 2.25 bits per heavy atom. The highest BCUT2D eigenvalue weighted by Gasteiger charge is 2.39. The van der Waals surface area contributed by atoms with Crippen molar-refractivity contribution in [3.8, 4) is 0 Å². The number of hydrogen-bond acceptors (Lipinski definition) is 2. The number of rotatable bonds is 2. The second-order valence-corrected chi connectivity index (χ2v) is 4.69. The smallest absolute Gasteiger partial charge is 0.129 e. The van der Waals surface area contributed by atoms with Crippen LogP contribution >= 0.6 is 0 Å². The van der Waals surface area contributed by atoms with Crippen molar-refractivity contribution in [2.45, 2.75) is 38.4 Å². The van der Waals surface area contributed by atoms with Gasteiger partial charge in [0.1, 0.15) is 11.9 Å². The molecule has 2 rings (SSSR count). The van der Waals surface area contributed by atoms with Crippen molar-refractivity contribution >= 4 is 0 Å². The molecule has 0 bridgehead atoms. The van der Waals surface area contributed by atoms with Crippen LogP contribution in [-0.4, -0.2) is 17.3 Å². The van der Waals surface area contributed by atoms with E-state index in [4.69, 9.17) is 4.74 Å². The first-order valence-electron chi connectivity index (χ1n) is 5.61. The molecule has 0 amide bonds. The van der Waals surface area contributed by atoms with Gasteiger partial charge in [0.05, 0.1) is 5.60 Å². The maximum Gasteiger partial charge on any atom is 0.129 e. The molecule has 0 aromatic heterocycles. The highest BCUT2D eigenvalue weighted by molar-refractivity contribution is 5.27. The van der Waals surface area contributed by atoms with Gasteiger partial charge in [-0.25, -0.2) is 4.39 Å². The van der Waals surface area contributed by atoms with Crippen LogP contribution in [0.4, 0.5) is 4.39 Å². The fourth-order valence-electron chi connectivity index (χ4n) is 2.22. The van der Waals surface area contributed by atoms with Gasteiger partial charge in [0.25, 0.3) is 0 Å². The minimum Gasteiger partial charge on any atom is -0.385 e. The third-order valence-corrected chi connectivity index (χ3v) is 3.27. The predicted octanol–water partition coefficient (Wildman–Crippen LogP) is 2.74. The molecule has 0 radical (unpaired) electrons. The van der Waals surface area contributed by atoms with Gasteiger partial charge < -0.3 is 9.84 Å². The summed E-state index contributed by atoms with van der Waals surface area (Å²) < 4.78 is 19.2.